The zero-order valence-electron chi connectivity index (χ0n) is 20.7. The fourth-order valence-electron chi connectivity index (χ4n) is 3.70. The van der Waals surface area contributed by atoms with E-state index in [0.29, 0.717) is 0 Å². The Labute approximate surface area is 190 Å². The van der Waals surface area contributed by atoms with Gasteiger partial charge in [-0.15, -0.1) is 0 Å². The molecule has 1 atom stereocenters. The smallest absolute Gasteiger partial charge is 0.0617 e. The quantitative estimate of drug-likeness (QED) is 0.125. The second-order valence-electron chi connectivity index (χ2n) is 8.98. The van der Waals surface area contributed by atoms with Gasteiger partial charge in [0.1, 0.15) is 0 Å². The number of ether oxygens (including phenoxy) is 1. The standard InChI is InChI=1S/C28H55NO/c1-3-5-7-9-11-12-13-14-15-16-17-18-19-20-22-24-26-30-27-28(29)25-23-21-10-8-6-4-2/h11-12,14-15,28H,3-10,13,16-27,29H2,1-2H3/t28-/m0/s1. The van der Waals surface area contributed by atoms with Gasteiger partial charge in [-0.3, -0.25) is 0 Å². The lowest BCUT2D eigenvalue weighted by Gasteiger charge is -2.12. The summed E-state index contributed by atoms with van der Waals surface area (Å²) in [6.07, 6.45) is 34.0. The molecular formula is C28H55NO. The lowest BCUT2D eigenvalue weighted by Crippen LogP contribution is -2.26. The van der Waals surface area contributed by atoms with Crippen LogP contribution in [-0.2, 0) is 4.74 Å². The number of hydrogen-bond acceptors (Lipinski definition) is 2. The van der Waals surface area contributed by atoms with E-state index < -0.39 is 0 Å². The maximum Gasteiger partial charge on any atom is 0.0617 e. The summed E-state index contributed by atoms with van der Waals surface area (Å²) in [4.78, 5) is 0. The molecular weight excluding hydrogens is 366 g/mol. The second kappa shape index (κ2) is 26.4. The van der Waals surface area contributed by atoms with Crippen LogP contribution < -0.4 is 5.73 Å². The first-order valence-corrected chi connectivity index (χ1v) is 13.4. The number of allylic oxidation sites excluding steroid dienone is 4. The van der Waals surface area contributed by atoms with Crippen LogP contribution in [0.5, 0.6) is 0 Å². The molecule has 0 aliphatic heterocycles. The lowest BCUT2D eigenvalue weighted by atomic mass is 10.1. The van der Waals surface area contributed by atoms with Crippen LogP contribution in [0.25, 0.3) is 0 Å². The Morgan fingerprint density at radius 1 is 0.600 bits per heavy atom. The lowest BCUT2D eigenvalue weighted by molar-refractivity contribution is 0.114. The first-order valence-electron chi connectivity index (χ1n) is 13.4. The van der Waals surface area contributed by atoms with E-state index >= 15 is 0 Å². The molecule has 2 N–H and O–H groups in total. The summed E-state index contributed by atoms with van der Waals surface area (Å²) in [6, 6.07) is 0.237. The van der Waals surface area contributed by atoms with Crippen molar-refractivity contribution in [3.8, 4) is 0 Å². The van der Waals surface area contributed by atoms with Gasteiger partial charge in [0, 0.05) is 12.6 Å². The second-order valence-corrected chi connectivity index (χ2v) is 8.98. The van der Waals surface area contributed by atoms with Gasteiger partial charge >= 0.3 is 0 Å². The molecule has 0 saturated heterocycles. The Kier molecular flexibility index (Phi) is 25.9. The molecule has 0 amide bonds. The molecule has 0 aromatic carbocycles. The van der Waals surface area contributed by atoms with Crippen LogP contribution >= 0.6 is 0 Å². The predicted molar refractivity (Wildman–Crippen MR) is 136 cm³/mol. The predicted octanol–water partition coefficient (Wildman–Crippen LogP) is 8.89. The molecule has 178 valence electrons. The van der Waals surface area contributed by atoms with E-state index in [0.717, 1.165) is 26.1 Å². The maximum atomic E-state index is 6.15. The molecule has 2 heteroatoms. The van der Waals surface area contributed by atoms with Crippen LogP contribution in [0.1, 0.15) is 136 Å². The fraction of sp³-hybridized carbons (Fsp3) is 0.857. The summed E-state index contributed by atoms with van der Waals surface area (Å²) in [6.45, 7) is 6.16. The van der Waals surface area contributed by atoms with E-state index in [4.69, 9.17) is 10.5 Å². The van der Waals surface area contributed by atoms with Crippen molar-refractivity contribution < 1.29 is 4.74 Å². The largest absolute Gasteiger partial charge is 0.380 e. The molecule has 2 nitrogen and oxygen atoms in total. The van der Waals surface area contributed by atoms with E-state index in [1.165, 1.54) is 109 Å². The number of unbranched alkanes of at least 4 members (excludes halogenated alkanes) is 14. The van der Waals surface area contributed by atoms with Crippen molar-refractivity contribution >= 4 is 0 Å². The number of nitrogens with two attached hydrogens (primary N) is 1. The monoisotopic (exact) mass is 421 g/mol. The first kappa shape index (κ1) is 29.4. The van der Waals surface area contributed by atoms with Crippen LogP contribution in [0.3, 0.4) is 0 Å². The van der Waals surface area contributed by atoms with Gasteiger partial charge in [0.15, 0.2) is 0 Å². The van der Waals surface area contributed by atoms with Crippen molar-refractivity contribution in [2.75, 3.05) is 13.2 Å². The Morgan fingerprint density at radius 2 is 1.10 bits per heavy atom. The van der Waals surface area contributed by atoms with Gasteiger partial charge in [-0.25, -0.2) is 0 Å². The Bertz CT molecular complexity index is 364. The normalized spacial score (nSPS) is 13.0. The molecule has 0 saturated carbocycles. The molecule has 0 aliphatic rings. The molecule has 0 heterocycles. The van der Waals surface area contributed by atoms with Gasteiger partial charge in [-0.2, -0.15) is 0 Å². The molecule has 0 aromatic rings. The highest BCUT2D eigenvalue weighted by Crippen LogP contribution is 2.10. The van der Waals surface area contributed by atoms with E-state index in [-0.39, 0.29) is 6.04 Å². The molecule has 0 spiro atoms. The van der Waals surface area contributed by atoms with Gasteiger partial charge in [-0.05, 0) is 44.9 Å². The Hall–Kier alpha value is -0.600. The zero-order valence-corrected chi connectivity index (χ0v) is 20.7. The van der Waals surface area contributed by atoms with Crippen molar-refractivity contribution in [2.45, 2.75) is 142 Å². The van der Waals surface area contributed by atoms with Crippen LogP contribution in [0.2, 0.25) is 0 Å². The molecule has 0 fully saturated rings. The van der Waals surface area contributed by atoms with Crippen molar-refractivity contribution in [1.29, 1.82) is 0 Å². The SMILES string of the molecule is CCCCCC=CCC=CCCCCCCCCOC[C@@H](N)CCCCCCCC. The number of rotatable bonds is 24. The van der Waals surface area contributed by atoms with E-state index in [1.54, 1.807) is 0 Å². The summed E-state index contributed by atoms with van der Waals surface area (Å²) in [7, 11) is 0. The molecule has 0 rings (SSSR count). The Morgan fingerprint density at radius 3 is 1.77 bits per heavy atom. The fourth-order valence-corrected chi connectivity index (χ4v) is 3.70. The average molecular weight is 422 g/mol. The third-order valence-electron chi connectivity index (χ3n) is 5.75. The van der Waals surface area contributed by atoms with Crippen molar-refractivity contribution in [1.82, 2.24) is 0 Å². The summed E-state index contributed by atoms with van der Waals surface area (Å²) in [5.74, 6) is 0. The van der Waals surface area contributed by atoms with Crippen molar-refractivity contribution in [3.05, 3.63) is 24.3 Å². The highest BCUT2D eigenvalue weighted by atomic mass is 16.5. The topological polar surface area (TPSA) is 35.2 Å². The average Bonchev–Trinajstić information content (AvgIpc) is 2.75. The van der Waals surface area contributed by atoms with Crippen molar-refractivity contribution in [2.24, 2.45) is 5.73 Å². The maximum absolute atomic E-state index is 6.15. The van der Waals surface area contributed by atoms with Gasteiger partial charge in [0.25, 0.3) is 0 Å². The molecule has 0 radical (unpaired) electrons. The first-order chi connectivity index (χ1) is 14.8. The van der Waals surface area contributed by atoms with Gasteiger partial charge in [0.05, 0.1) is 6.61 Å². The molecule has 0 unspecified atom stereocenters. The number of hydrogen-bond donors (Lipinski definition) is 1. The highest BCUT2D eigenvalue weighted by Gasteiger charge is 2.02. The van der Waals surface area contributed by atoms with Gasteiger partial charge in [0.2, 0.25) is 0 Å². The van der Waals surface area contributed by atoms with E-state index in [1.807, 2.05) is 0 Å². The van der Waals surface area contributed by atoms with Gasteiger partial charge in [-0.1, -0.05) is 115 Å². The molecule has 30 heavy (non-hydrogen) atoms. The minimum atomic E-state index is 0.237. The zero-order chi connectivity index (χ0) is 22.0. The van der Waals surface area contributed by atoms with E-state index in [9.17, 15) is 0 Å². The van der Waals surface area contributed by atoms with E-state index in [2.05, 4.69) is 38.2 Å². The third-order valence-corrected chi connectivity index (χ3v) is 5.75. The van der Waals surface area contributed by atoms with Crippen molar-refractivity contribution in [3.63, 3.8) is 0 Å². The highest BCUT2D eigenvalue weighted by molar-refractivity contribution is 4.92. The van der Waals surface area contributed by atoms with Gasteiger partial charge < -0.3 is 10.5 Å². The minimum absolute atomic E-state index is 0.237. The Balaban J connectivity index is 3.21. The minimum Gasteiger partial charge on any atom is -0.380 e. The van der Waals surface area contributed by atoms with Crippen LogP contribution in [-0.4, -0.2) is 19.3 Å². The summed E-state index contributed by atoms with van der Waals surface area (Å²) in [5, 5.41) is 0. The van der Waals surface area contributed by atoms with Crippen LogP contribution in [0.4, 0.5) is 0 Å². The molecule has 0 aromatic heterocycles. The summed E-state index contributed by atoms with van der Waals surface area (Å²) in [5.41, 5.74) is 6.15. The molecule has 0 aliphatic carbocycles. The summed E-state index contributed by atoms with van der Waals surface area (Å²) < 4.78 is 5.77. The third kappa shape index (κ3) is 25.4. The summed E-state index contributed by atoms with van der Waals surface area (Å²) >= 11 is 0. The molecule has 0 bridgehead atoms. The van der Waals surface area contributed by atoms with Crippen LogP contribution in [0, 0.1) is 0 Å². The van der Waals surface area contributed by atoms with Crippen LogP contribution in [0.15, 0.2) is 24.3 Å².